The molecule has 1 aliphatic heterocycles. The number of aromatic nitrogens is 1. The Morgan fingerprint density at radius 1 is 1.18 bits per heavy atom. The maximum absolute atomic E-state index is 13.4. The molecule has 1 aromatic carbocycles. The topological polar surface area (TPSA) is 106 Å². The number of anilines is 2. The number of hydrogen-bond acceptors (Lipinski definition) is 6. The van der Waals surface area contributed by atoms with Crippen LogP contribution in [0.3, 0.4) is 0 Å². The van der Waals surface area contributed by atoms with Crippen molar-refractivity contribution in [1.82, 2.24) is 9.88 Å². The van der Waals surface area contributed by atoms with E-state index in [1.807, 2.05) is 0 Å². The molecule has 2 amide bonds. The van der Waals surface area contributed by atoms with Crippen molar-refractivity contribution in [2.45, 2.75) is 37.1 Å². The molecule has 1 fully saturated rings. The van der Waals surface area contributed by atoms with Gasteiger partial charge in [0.1, 0.15) is 0 Å². The number of piperazine rings is 1. The standard InChI is InChI=1S/C21H22F3N5O3S/c1-13-12-29(20(30)27-16-5-7-19(26-10-16)33(3,31)32)14(2)11-28(13)17-6-4-15(9-25)18(8-17)21(22,23)24/h4-8,10,13-14H,11-12H2,1-3H3,(H,27,30). The summed E-state index contributed by atoms with van der Waals surface area (Å²) in [7, 11) is -3.46. The molecule has 12 heteroatoms. The van der Waals surface area contributed by atoms with Crippen molar-refractivity contribution in [3.63, 3.8) is 0 Å². The minimum absolute atomic E-state index is 0.114. The van der Waals surface area contributed by atoms with Gasteiger partial charge in [-0.1, -0.05) is 0 Å². The zero-order valence-electron chi connectivity index (χ0n) is 18.1. The van der Waals surface area contributed by atoms with Gasteiger partial charge in [0, 0.05) is 37.1 Å². The van der Waals surface area contributed by atoms with Crippen LogP contribution >= 0.6 is 0 Å². The van der Waals surface area contributed by atoms with E-state index in [2.05, 4.69) is 10.3 Å². The number of hydrogen-bond donors (Lipinski definition) is 1. The fraction of sp³-hybridized carbons (Fsp3) is 0.381. The minimum atomic E-state index is -4.65. The number of nitrogens with one attached hydrogen (secondary N) is 1. The van der Waals surface area contributed by atoms with Gasteiger partial charge < -0.3 is 15.1 Å². The number of carbonyl (C=O) groups excluding carboxylic acids is 1. The molecule has 1 aliphatic rings. The van der Waals surface area contributed by atoms with Crippen molar-refractivity contribution >= 4 is 27.2 Å². The van der Waals surface area contributed by atoms with Gasteiger partial charge in [-0.25, -0.2) is 18.2 Å². The Labute approximate surface area is 189 Å². The van der Waals surface area contributed by atoms with Gasteiger partial charge in [0.2, 0.25) is 0 Å². The van der Waals surface area contributed by atoms with E-state index in [1.54, 1.807) is 29.7 Å². The molecule has 1 saturated heterocycles. The highest BCUT2D eigenvalue weighted by atomic mass is 32.2. The van der Waals surface area contributed by atoms with Gasteiger partial charge in [-0.05, 0) is 44.2 Å². The van der Waals surface area contributed by atoms with Crippen LogP contribution in [-0.4, -0.2) is 55.8 Å². The predicted molar refractivity (Wildman–Crippen MR) is 116 cm³/mol. The molecule has 0 bridgehead atoms. The molecular weight excluding hydrogens is 459 g/mol. The Morgan fingerprint density at radius 3 is 2.42 bits per heavy atom. The van der Waals surface area contributed by atoms with Crippen LogP contribution in [0.1, 0.15) is 25.0 Å². The highest BCUT2D eigenvalue weighted by Gasteiger charge is 2.36. The SMILES string of the molecule is CC1CN(c2ccc(C#N)c(C(F)(F)F)c2)C(C)CN1C(=O)Nc1ccc(S(C)(=O)=O)nc1. The highest BCUT2D eigenvalue weighted by molar-refractivity contribution is 7.90. The normalized spacial score (nSPS) is 19.2. The van der Waals surface area contributed by atoms with Gasteiger partial charge in [0.05, 0.1) is 29.1 Å². The summed E-state index contributed by atoms with van der Waals surface area (Å²) < 4.78 is 63.1. The molecule has 2 atom stereocenters. The van der Waals surface area contributed by atoms with Crippen LogP contribution in [0.2, 0.25) is 0 Å². The van der Waals surface area contributed by atoms with E-state index >= 15 is 0 Å². The fourth-order valence-electron chi connectivity index (χ4n) is 3.68. The monoisotopic (exact) mass is 481 g/mol. The first-order valence-electron chi connectivity index (χ1n) is 9.93. The van der Waals surface area contributed by atoms with Gasteiger partial charge in [-0.15, -0.1) is 0 Å². The molecule has 2 heterocycles. The Bertz CT molecular complexity index is 1190. The summed E-state index contributed by atoms with van der Waals surface area (Å²) >= 11 is 0. The summed E-state index contributed by atoms with van der Waals surface area (Å²) in [4.78, 5) is 19.9. The molecular formula is C21H22F3N5O3S. The van der Waals surface area contributed by atoms with Gasteiger partial charge >= 0.3 is 12.2 Å². The Morgan fingerprint density at radius 2 is 1.88 bits per heavy atom. The van der Waals surface area contributed by atoms with E-state index < -0.39 is 33.2 Å². The van der Waals surface area contributed by atoms with Crippen LogP contribution in [0.4, 0.5) is 29.3 Å². The number of benzene rings is 1. The van der Waals surface area contributed by atoms with E-state index in [0.717, 1.165) is 18.4 Å². The predicted octanol–water partition coefficient (Wildman–Crippen LogP) is 3.51. The zero-order chi connectivity index (χ0) is 24.6. The van der Waals surface area contributed by atoms with Crippen molar-refractivity contribution in [2.24, 2.45) is 0 Å². The lowest BCUT2D eigenvalue weighted by atomic mass is 10.0. The third-order valence-corrected chi connectivity index (χ3v) is 6.38. The van der Waals surface area contributed by atoms with Gasteiger partial charge in [0.25, 0.3) is 0 Å². The molecule has 0 radical (unpaired) electrons. The maximum Gasteiger partial charge on any atom is 0.417 e. The second-order valence-electron chi connectivity index (χ2n) is 7.93. The quantitative estimate of drug-likeness (QED) is 0.719. The van der Waals surface area contributed by atoms with E-state index in [4.69, 9.17) is 5.26 Å². The molecule has 0 saturated carbocycles. The molecule has 0 aliphatic carbocycles. The van der Waals surface area contributed by atoms with Gasteiger partial charge in [-0.2, -0.15) is 18.4 Å². The Balaban J connectivity index is 1.75. The van der Waals surface area contributed by atoms with Crippen LogP contribution in [0.5, 0.6) is 0 Å². The Kier molecular flexibility index (Phi) is 6.56. The number of urea groups is 1. The van der Waals surface area contributed by atoms with Crippen LogP contribution in [0.15, 0.2) is 41.6 Å². The van der Waals surface area contributed by atoms with Crippen LogP contribution < -0.4 is 10.2 Å². The van der Waals surface area contributed by atoms with Crippen molar-refractivity contribution < 1.29 is 26.4 Å². The van der Waals surface area contributed by atoms with Gasteiger partial charge in [-0.3, -0.25) is 0 Å². The molecule has 176 valence electrons. The third kappa shape index (κ3) is 5.36. The second kappa shape index (κ2) is 8.90. The van der Waals surface area contributed by atoms with Crippen LogP contribution in [0, 0.1) is 11.3 Å². The second-order valence-corrected chi connectivity index (χ2v) is 9.89. The lowest BCUT2D eigenvalue weighted by Gasteiger charge is -2.45. The average molecular weight is 482 g/mol. The van der Waals surface area contributed by atoms with Crippen molar-refractivity contribution in [3.05, 3.63) is 47.7 Å². The number of halogens is 3. The summed E-state index contributed by atoms with van der Waals surface area (Å²) in [5.74, 6) is 0. The number of alkyl halides is 3. The number of pyridine rings is 1. The number of sulfone groups is 1. The van der Waals surface area contributed by atoms with E-state index in [9.17, 15) is 26.4 Å². The number of nitriles is 1. The van der Waals surface area contributed by atoms with Crippen molar-refractivity contribution in [2.75, 3.05) is 29.6 Å². The molecule has 8 nitrogen and oxygen atoms in total. The largest absolute Gasteiger partial charge is 0.417 e. The summed E-state index contributed by atoms with van der Waals surface area (Å²) in [6.07, 6.45) is -2.38. The number of nitrogens with zero attached hydrogens (tertiary/aromatic N) is 4. The van der Waals surface area contributed by atoms with Crippen LogP contribution in [0.25, 0.3) is 0 Å². The molecule has 3 rings (SSSR count). The third-order valence-electron chi connectivity index (χ3n) is 5.37. The average Bonchev–Trinajstić information content (AvgIpc) is 2.73. The first kappa shape index (κ1) is 24.3. The fourth-order valence-corrected chi connectivity index (χ4v) is 4.24. The first-order chi connectivity index (χ1) is 15.3. The molecule has 0 spiro atoms. The lowest BCUT2D eigenvalue weighted by molar-refractivity contribution is -0.137. The highest BCUT2D eigenvalue weighted by Crippen LogP contribution is 2.35. The molecule has 1 N–H and O–H groups in total. The van der Waals surface area contributed by atoms with E-state index in [0.29, 0.717) is 11.4 Å². The van der Waals surface area contributed by atoms with Crippen molar-refractivity contribution in [3.8, 4) is 6.07 Å². The number of carbonyl (C=O) groups is 1. The van der Waals surface area contributed by atoms with Crippen molar-refractivity contribution in [1.29, 1.82) is 5.26 Å². The van der Waals surface area contributed by atoms with Crippen LogP contribution in [-0.2, 0) is 16.0 Å². The molecule has 1 aromatic heterocycles. The lowest BCUT2D eigenvalue weighted by Crippen LogP contribution is -2.59. The first-order valence-corrected chi connectivity index (χ1v) is 11.8. The smallest absolute Gasteiger partial charge is 0.365 e. The summed E-state index contributed by atoms with van der Waals surface area (Å²) in [5.41, 5.74) is -0.800. The van der Waals surface area contributed by atoms with E-state index in [1.165, 1.54) is 24.4 Å². The number of amides is 2. The summed E-state index contributed by atoms with van der Waals surface area (Å²) in [6.45, 7) is 4.09. The van der Waals surface area contributed by atoms with Gasteiger partial charge in [0.15, 0.2) is 14.9 Å². The molecule has 33 heavy (non-hydrogen) atoms. The summed E-state index contributed by atoms with van der Waals surface area (Å²) in [5, 5.41) is 11.6. The summed E-state index contributed by atoms with van der Waals surface area (Å²) in [6, 6.07) is 6.82. The molecule has 2 aromatic rings. The number of rotatable bonds is 3. The minimum Gasteiger partial charge on any atom is -0.365 e. The zero-order valence-corrected chi connectivity index (χ0v) is 18.9. The molecule has 2 unspecified atom stereocenters. The van der Waals surface area contributed by atoms with E-state index in [-0.39, 0.29) is 30.2 Å². The maximum atomic E-state index is 13.4. The Hall–Kier alpha value is -3.33.